The smallest absolute Gasteiger partial charge is 0.238 e. The molecule has 0 aromatic rings. The summed E-state index contributed by atoms with van der Waals surface area (Å²) in [6.07, 6.45) is 1.05. The SMILES string of the molecule is CC1(C)CNC1C(=O)NC1CCNC1. The van der Waals surface area contributed by atoms with E-state index in [0.717, 1.165) is 26.1 Å². The lowest BCUT2D eigenvalue weighted by Crippen LogP contribution is -2.66. The minimum atomic E-state index is 0.00287. The van der Waals surface area contributed by atoms with E-state index in [1.807, 2.05) is 0 Å². The molecule has 0 aliphatic carbocycles. The van der Waals surface area contributed by atoms with Crippen LogP contribution in [0.4, 0.5) is 0 Å². The first-order valence-electron chi connectivity index (χ1n) is 5.34. The third-order valence-electron chi connectivity index (χ3n) is 3.21. The van der Waals surface area contributed by atoms with Crippen molar-refractivity contribution >= 4 is 5.91 Å². The number of amides is 1. The number of carbonyl (C=O) groups excluding carboxylic acids is 1. The first-order chi connectivity index (χ1) is 6.59. The van der Waals surface area contributed by atoms with Gasteiger partial charge in [0.2, 0.25) is 5.91 Å². The van der Waals surface area contributed by atoms with Crippen LogP contribution in [0.1, 0.15) is 20.3 Å². The Hall–Kier alpha value is -0.610. The summed E-state index contributed by atoms with van der Waals surface area (Å²) in [5.41, 5.74) is 0.121. The van der Waals surface area contributed by atoms with Gasteiger partial charge in [-0.3, -0.25) is 4.79 Å². The second-order valence-electron chi connectivity index (χ2n) is 5.00. The van der Waals surface area contributed by atoms with E-state index in [0.29, 0.717) is 6.04 Å². The lowest BCUT2D eigenvalue weighted by Gasteiger charge is -2.44. The van der Waals surface area contributed by atoms with E-state index in [1.54, 1.807) is 0 Å². The average molecular weight is 197 g/mol. The van der Waals surface area contributed by atoms with E-state index in [1.165, 1.54) is 0 Å². The quantitative estimate of drug-likeness (QED) is 0.557. The van der Waals surface area contributed by atoms with Crippen molar-refractivity contribution in [1.82, 2.24) is 16.0 Å². The van der Waals surface area contributed by atoms with Gasteiger partial charge in [0.05, 0.1) is 6.04 Å². The Bertz CT molecular complexity index is 234. The molecule has 0 saturated carbocycles. The van der Waals surface area contributed by atoms with E-state index in [-0.39, 0.29) is 17.4 Å². The van der Waals surface area contributed by atoms with E-state index in [4.69, 9.17) is 0 Å². The molecule has 2 aliphatic heterocycles. The second kappa shape index (κ2) is 3.51. The van der Waals surface area contributed by atoms with Crippen molar-refractivity contribution in [2.24, 2.45) is 5.41 Å². The summed E-state index contributed by atoms with van der Waals surface area (Å²) < 4.78 is 0. The standard InChI is InChI=1S/C10H19N3O/c1-10(2)6-12-8(10)9(14)13-7-3-4-11-5-7/h7-8,11-12H,3-6H2,1-2H3,(H,13,14). The van der Waals surface area contributed by atoms with Crippen LogP contribution in [0.15, 0.2) is 0 Å². The van der Waals surface area contributed by atoms with E-state index in [9.17, 15) is 4.79 Å². The van der Waals surface area contributed by atoms with Gasteiger partial charge in [0.25, 0.3) is 0 Å². The zero-order chi connectivity index (χ0) is 10.2. The first-order valence-corrected chi connectivity index (χ1v) is 5.34. The monoisotopic (exact) mass is 197 g/mol. The Balaban J connectivity index is 1.83. The Morgan fingerprint density at radius 2 is 2.29 bits per heavy atom. The lowest BCUT2D eigenvalue weighted by atomic mass is 9.77. The van der Waals surface area contributed by atoms with Gasteiger partial charge in [0.1, 0.15) is 0 Å². The van der Waals surface area contributed by atoms with Crippen molar-refractivity contribution in [3.05, 3.63) is 0 Å². The molecule has 2 heterocycles. The molecule has 2 unspecified atom stereocenters. The second-order valence-corrected chi connectivity index (χ2v) is 5.00. The Morgan fingerprint density at radius 3 is 2.71 bits per heavy atom. The van der Waals surface area contributed by atoms with Gasteiger partial charge in [-0.05, 0) is 13.0 Å². The highest BCUT2D eigenvalue weighted by Gasteiger charge is 2.43. The summed E-state index contributed by atoms with van der Waals surface area (Å²) in [5.74, 6) is 0.162. The lowest BCUT2D eigenvalue weighted by molar-refractivity contribution is -0.130. The maximum absolute atomic E-state index is 11.8. The van der Waals surface area contributed by atoms with Crippen molar-refractivity contribution < 1.29 is 4.79 Å². The number of nitrogens with one attached hydrogen (secondary N) is 3. The highest BCUT2D eigenvalue weighted by Crippen LogP contribution is 2.27. The molecule has 2 atom stereocenters. The third-order valence-corrected chi connectivity index (χ3v) is 3.21. The minimum Gasteiger partial charge on any atom is -0.351 e. The minimum absolute atomic E-state index is 0.00287. The molecule has 0 aromatic heterocycles. The summed E-state index contributed by atoms with van der Waals surface area (Å²) >= 11 is 0. The molecule has 80 valence electrons. The summed E-state index contributed by atoms with van der Waals surface area (Å²) in [6, 6.07) is 0.337. The van der Waals surface area contributed by atoms with Crippen molar-refractivity contribution in [3.63, 3.8) is 0 Å². The molecule has 2 fully saturated rings. The molecule has 2 saturated heterocycles. The van der Waals surface area contributed by atoms with Crippen LogP contribution in [-0.4, -0.2) is 37.6 Å². The van der Waals surface area contributed by atoms with E-state index in [2.05, 4.69) is 29.8 Å². The number of hydrogen-bond acceptors (Lipinski definition) is 3. The molecule has 0 spiro atoms. The van der Waals surface area contributed by atoms with Crippen molar-refractivity contribution in [2.75, 3.05) is 19.6 Å². The predicted molar refractivity (Wildman–Crippen MR) is 55.0 cm³/mol. The zero-order valence-corrected chi connectivity index (χ0v) is 8.89. The van der Waals surface area contributed by atoms with Crippen LogP contribution in [0.5, 0.6) is 0 Å². The molecule has 3 N–H and O–H groups in total. The van der Waals surface area contributed by atoms with Gasteiger partial charge >= 0.3 is 0 Å². The summed E-state index contributed by atoms with van der Waals surface area (Å²) in [6.45, 7) is 7.13. The number of hydrogen-bond donors (Lipinski definition) is 3. The number of rotatable bonds is 2. The summed E-state index contributed by atoms with van der Waals surface area (Å²) in [5, 5.41) is 9.49. The van der Waals surface area contributed by atoms with Crippen LogP contribution in [0.25, 0.3) is 0 Å². The molecular weight excluding hydrogens is 178 g/mol. The van der Waals surface area contributed by atoms with Gasteiger partial charge in [-0.25, -0.2) is 0 Å². The van der Waals surface area contributed by atoms with Crippen LogP contribution in [-0.2, 0) is 4.79 Å². The van der Waals surface area contributed by atoms with Crippen LogP contribution in [0, 0.1) is 5.41 Å². The zero-order valence-electron chi connectivity index (χ0n) is 8.89. The fourth-order valence-corrected chi connectivity index (χ4v) is 2.12. The summed E-state index contributed by atoms with van der Waals surface area (Å²) in [4.78, 5) is 11.8. The van der Waals surface area contributed by atoms with E-state index < -0.39 is 0 Å². The van der Waals surface area contributed by atoms with Crippen molar-refractivity contribution in [3.8, 4) is 0 Å². The molecule has 1 amide bonds. The molecule has 0 bridgehead atoms. The highest BCUT2D eigenvalue weighted by atomic mass is 16.2. The number of carbonyl (C=O) groups is 1. The maximum atomic E-state index is 11.8. The molecular formula is C10H19N3O. The average Bonchev–Trinajstić information content (AvgIpc) is 2.55. The van der Waals surface area contributed by atoms with Gasteiger partial charge in [-0.15, -0.1) is 0 Å². The van der Waals surface area contributed by atoms with Gasteiger partial charge in [-0.2, -0.15) is 0 Å². The van der Waals surface area contributed by atoms with E-state index >= 15 is 0 Å². The van der Waals surface area contributed by atoms with Gasteiger partial charge in [0, 0.05) is 24.5 Å². The maximum Gasteiger partial charge on any atom is 0.238 e. The van der Waals surface area contributed by atoms with Crippen LogP contribution in [0.3, 0.4) is 0 Å². The molecule has 0 radical (unpaired) electrons. The molecule has 4 nitrogen and oxygen atoms in total. The third kappa shape index (κ3) is 1.77. The molecule has 14 heavy (non-hydrogen) atoms. The first kappa shape index (κ1) is 9.93. The largest absolute Gasteiger partial charge is 0.351 e. The fourth-order valence-electron chi connectivity index (χ4n) is 2.12. The van der Waals surface area contributed by atoms with Gasteiger partial charge in [-0.1, -0.05) is 13.8 Å². The fraction of sp³-hybridized carbons (Fsp3) is 0.900. The van der Waals surface area contributed by atoms with Crippen LogP contribution < -0.4 is 16.0 Å². The van der Waals surface area contributed by atoms with Crippen LogP contribution in [0.2, 0.25) is 0 Å². The summed E-state index contributed by atoms with van der Waals surface area (Å²) in [7, 11) is 0. The Morgan fingerprint density at radius 1 is 1.50 bits per heavy atom. The van der Waals surface area contributed by atoms with Crippen molar-refractivity contribution in [2.45, 2.75) is 32.4 Å². The predicted octanol–water partition coefficient (Wildman–Crippen LogP) is -0.537. The topological polar surface area (TPSA) is 53.2 Å². The highest BCUT2D eigenvalue weighted by molar-refractivity contribution is 5.84. The van der Waals surface area contributed by atoms with Crippen LogP contribution >= 0.6 is 0 Å². The Kier molecular flexibility index (Phi) is 2.49. The van der Waals surface area contributed by atoms with Crippen molar-refractivity contribution in [1.29, 1.82) is 0 Å². The molecule has 0 aromatic carbocycles. The molecule has 2 rings (SSSR count). The van der Waals surface area contributed by atoms with Gasteiger partial charge in [0.15, 0.2) is 0 Å². The van der Waals surface area contributed by atoms with Gasteiger partial charge < -0.3 is 16.0 Å². The Labute approximate surface area is 84.8 Å². The normalized spacial score (nSPS) is 35.0. The molecule has 2 aliphatic rings. The molecule has 4 heteroatoms.